The highest BCUT2D eigenvalue weighted by atomic mass is 16.6. The van der Waals surface area contributed by atoms with Crippen LogP contribution in [-0.2, 0) is 4.74 Å². The molecule has 0 saturated carbocycles. The molecule has 1 fully saturated rings. The van der Waals surface area contributed by atoms with Crippen molar-refractivity contribution in [1.29, 1.82) is 0 Å². The van der Waals surface area contributed by atoms with Crippen LogP contribution >= 0.6 is 0 Å². The molecule has 1 aliphatic rings. The molecule has 1 aliphatic heterocycles. The number of urea groups is 1. The molecule has 3 amide bonds. The first-order chi connectivity index (χ1) is 10.5. The lowest BCUT2D eigenvalue weighted by Gasteiger charge is -2.34. The van der Waals surface area contributed by atoms with E-state index in [1.165, 1.54) is 18.2 Å². The summed E-state index contributed by atoms with van der Waals surface area (Å²) in [5.74, 6) is -0.273. The summed E-state index contributed by atoms with van der Waals surface area (Å²) in [6.07, 6.45) is -0.375. The summed E-state index contributed by atoms with van der Waals surface area (Å²) in [6, 6.07) is 3.50. The molecule has 0 unspecified atom stereocenters. The van der Waals surface area contributed by atoms with Crippen LogP contribution in [0.2, 0.25) is 0 Å². The molecule has 22 heavy (non-hydrogen) atoms. The molecule has 0 aromatic heterocycles. The summed E-state index contributed by atoms with van der Waals surface area (Å²) in [7, 11) is 0. The van der Waals surface area contributed by atoms with Gasteiger partial charge in [0, 0.05) is 50.1 Å². The third-order valence-electron chi connectivity index (χ3n) is 3.25. The van der Waals surface area contributed by atoms with Crippen molar-refractivity contribution in [2.45, 2.75) is 6.92 Å². The van der Waals surface area contributed by atoms with E-state index in [-0.39, 0.29) is 23.6 Å². The Hall–Kier alpha value is -2.64. The molecule has 0 aliphatic carbocycles. The van der Waals surface area contributed by atoms with Crippen molar-refractivity contribution < 1.29 is 24.5 Å². The Labute approximate surface area is 127 Å². The molecule has 1 aromatic carbocycles. The molecule has 1 saturated heterocycles. The van der Waals surface area contributed by atoms with Gasteiger partial charge in [-0.1, -0.05) is 0 Å². The zero-order chi connectivity index (χ0) is 16.1. The van der Waals surface area contributed by atoms with Gasteiger partial charge in [0.1, 0.15) is 11.5 Å². The Kier molecular flexibility index (Phi) is 4.92. The molecule has 0 radical (unpaired) electrons. The van der Waals surface area contributed by atoms with Gasteiger partial charge in [0.15, 0.2) is 0 Å². The van der Waals surface area contributed by atoms with Gasteiger partial charge in [-0.05, 0) is 6.92 Å². The van der Waals surface area contributed by atoms with Crippen LogP contribution in [-0.4, -0.2) is 64.9 Å². The standard InChI is InChI=1S/C14H19N3O5/c1-2-22-14(21)17-5-3-16(4-6-17)13(20)15-10-7-11(18)9-12(19)8-10/h7-9,18-19H,2-6H2,1H3,(H,15,20). The van der Waals surface area contributed by atoms with Crippen molar-refractivity contribution in [2.75, 3.05) is 38.1 Å². The van der Waals surface area contributed by atoms with Crippen molar-refractivity contribution >= 4 is 17.8 Å². The SMILES string of the molecule is CCOC(=O)N1CCN(C(=O)Nc2cc(O)cc(O)c2)CC1. The van der Waals surface area contributed by atoms with E-state index in [4.69, 9.17) is 4.74 Å². The monoisotopic (exact) mass is 309 g/mol. The highest BCUT2D eigenvalue weighted by molar-refractivity contribution is 5.90. The van der Waals surface area contributed by atoms with Crippen LogP contribution in [0.25, 0.3) is 0 Å². The molecular formula is C14H19N3O5. The number of hydrogen-bond acceptors (Lipinski definition) is 5. The molecule has 1 heterocycles. The Bertz CT molecular complexity index is 535. The molecule has 0 spiro atoms. The van der Waals surface area contributed by atoms with Gasteiger partial charge in [-0.25, -0.2) is 9.59 Å². The van der Waals surface area contributed by atoms with Crippen LogP contribution in [0, 0.1) is 0 Å². The minimum absolute atomic E-state index is 0.137. The molecule has 8 nitrogen and oxygen atoms in total. The topological polar surface area (TPSA) is 102 Å². The predicted octanol–water partition coefficient (Wildman–Crippen LogP) is 1.40. The molecule has 1 aromatic rings. The van der Waals surface area contributed by atoms with Crippen molar-refractivity contribution in [3.8, 4) is 11.5 Å². The fourth-order valence-electron chi connectivity index (χ4n) is 2.18. The first-order valence-corrected chi connectivity index (χ1v) is 7.00. The van der Waals surface area contributed by atoms with Gasteiger partial charge in [0.05, 0.1) is 6.61 Å². The van der Waals surface area contributed by atoms with Gasteiger partial charge < -0.3 is 30.1 Å². The number of benzene rings is 1. The van der Waals surface area contributed by atoms with E-state index in [9.17, 15) is 19.8 Å². The highest BCUT2D eigenvalue weighted by Gasteiger charge is 2.24. The van der Waals surface area contributed by atoms with Gasteiger partial charge in [-0.15, -0.1) is 0 Å². The van der Waals surface area contributed by atoms with Crippen LogP contribution in [0.5, 0.6) is 11.5 Å². The lowest BCUT2D eigenvalue weighted by Crippen LogP contribution is -2.51. The van der Waals surface area contributed by atoms with E-state index < -0.39 is 0 Å². The number of phenols is 2. The van der Waals surface area contributed by atoms with E-state index in [1.807, 2.05) is 0 Å². The summed E-state index contributed by atoms with van der Waals surface area (Å²) in [4.78, 5) is 26.8. The molecule has 0 bridgehead atoms. The largest absolute Gasteiger partial charge is 0.508 e. The summed E-state index contributed by atoms with van der Waals surface area (Å²) in [6.45, 7) is 3.63. The van der Waals surface area contributed by atoms with E-state index >= 15 is 0 Å². The van der Waals surface area contributed by atoms with Crippen molar-refractivity contribution in [3.63, 3.8) is 0 Å². The average Bonchev–Trinajstić information content (AvgIpc) is 2.46. The number of carbonyl (C=O) groups is 2. The van der Waals surface area contributed by atoms with Crippen LogP contribution in [0.15, 0.2) is 18.2 Å². The predicted molar refractivity (Wildman–Crippen MR) is 79.0 cm³/mol. The number of rotatable bonds is 2. The molecular weight excluding hydrogens is 290 g/mol. The quantitative estimate of drug-likeness (QED) is 0.766. The molecule has 8 heteroatoms. The van der Waals surface area contributed by atoms with Crippen LogP contribution in [0.3, 0.4) is 0 Å². The maximum atomic E-state index is 12.1. The number of aromatic hydroxyl groups is 2. The number of piperazine rings is 1. The molecule has 3 N–H and O–H groups in total. The molecule has 120 valence electrons. The van der Waals surface area contributed by atoms with Crippen molar-refractivity contribution in [2.24, 2.45) is 0 Å². The molecule has 0 atom stereocenters. The summed E-state index contributed by atoms with van der Waals surface area (Å²) in [5.41, 5.74) is 0.301. The van der Waals surface area contributed by atoms with Crippen molar-refractivity contribution in [3.05, 3.63) is 18.2 Å². The second kappa shape index (κ2) is 6.88. The second-order valence-corrected chi connectivity index (χ2v) is 4.84. The number of anilines is 1. The summed E-state index contributed by atoms with van der Waals surface area (Å²) < 4.78 is 4.91. The third-order valence-corrected chi connectivity index (χ3v) is 3.25. The smallest absolute Gasteiger partial charge is 0.409 e. The normalized spacial score (nSPS) is 14.6. The summed E-state index contributed by atoms with van der Waals surface area (Å²) in [5, 5.41) is 21.4. The average molecular weight is 309 g/mol. The fraction of sp³-hybridized carbons (Fsp3) is 0.429. The first-order valence-electron chi connectivity index (χ1n) is 7.00. The third kappa shape index (κ3) is 3.94. The number of hydrogen-bond donors (Lipinski definition) is 3. The van der Waals surface area contributed by atoms with E-state index in [0.717, 1.165) is 0 Å². The minimum Gasteiger partial charge on any atom is -0.508 e. The van der Waals surface area contributed by atoms with E-state index in [1.54, 1.807) is 16.7 Å². The van der Waals surface area contributed by atoms with Crippen LogP contribution < -0.4 is 5.32 Å². The first kappa shape index (κ1) is 15.7. The Balaban J connectivity index is 1.88. The number of amides is 3. The van der Waals surface area contributed by atoms with Gasteiger partial charge in [-0.3, -0.25) is 0 Å². The van der Waals surface area contributed by atoms with Crippen molar-refractivity contribution in [1.82, 2.24) is 9.80 Å². The number of phenolic OH excluding ortho intramolecular Hbond substituents is 2. The van der Waals surface area contributed by atoms with Crippen LogP contribution in [0.4, 0.5) is 15.3 Å². The zero-order valence-corrected chi connectivity index (χ0v) is 12.3. The highest BCUT2D eigenvalue weighted by Crippen LogP contribution is 2.24. The number of nitrogens with zero attached hydrogens (tertiary/aromatic N) is 2. The van der Waals surface area contributed by atoms with Gasteiger partial charge in [-0.2, -0.15) is 0 Å². The van der Waals surface area contributed by atoms with E-state index in [0.29, 0.717) is 38.5 Å². The number of carbonyl (C=O) groups excluding carboxylic acids is 2. The minimum atomic E-state index is -0.375. The fourth-order valence-corrected chi connectivity index (χ4v) is 2.18. The Morgan fingerprint density at radius 3 is 2.18 bits per heavy atom. The van der Waals surface area contributed by atoms with Gasteiger partial charge >= 0.3 is 12.1 Å². The maximum absolute atomic E-state index is 12.1. The zero-order valence-electron chi connectivity index (χ0n) is 12.3. The van der Waals surface area contributed by atoms with Crippen LogP contribution in [0.1, 0.15) is 6.92 Å². The Morgan fingerprint density at radius 1 is 1.09 bits per heavy atom. The lowest BCUT2D eigenvalue weighted by molar-refractivity contribution is 0.0868. The summed E-state index contributed by atoms with van der Waals surface area (Å²) >= 11 is 0. The number of nitrogens with one attached hydrogen (secondary N) is 1. The van der Waals surface area contributed by atoms with Gasteiger partial charge in [0.2, 0.25) is 0 Å². The second-order valence-electron chi connectivity index (χ2n) is 4.84. The Morgan fingerprint density at radius 2 is 1.64 bits per heavy atom. The van der Waals surface area contributed by atoms with E-state index in [2.05, 4.69) is 5.32 Å². The van der Waals surface area contributed by atoms with Gasteiger partial charge in [0.25, 0.3) is 0 Å². The number of ether oxygens (including phenoxy) is 1. The molecule has 2 rings (SSSR count). The maximum Gasteiger partial charge on any atom is 0.409 e. The lowest BCUT2D eigenvalue weighted by atomic mass is 10.3.